The predicted molar refractivity (Wildman–Crippen MR) is 63.7 cm³/mol. The number of pyridine rings is 1. The average molecular weight is 290 g/mol. The number of rotatable bonds is 1. The fourth-order valence-electron chi connectivity index (χ4n) is 1.62. The molecule has 0 saturated carbocycles. The van der Waals surface area contributed by atoms with Gasteiger partial charge in [0.1, 0.15) is 0 Å². The second-order valence-corrected chi connectivity index (χ2v) is 5.22. The smallest absolute Gasteiger partial charge is 0.228 e. The van der Waals surface area contributed by atoms with Crippen LogP contribution < -0.4 is 4.90 Å². The van der Waals surface area contributed by atoms with Gasteiger partial charge in [0.25, 0.3) is 0 Å². The third-order valence-electron chi connectivity index (χ3n) is 2.34. The monoisotopic (exact) mass is 288 g/mol. The number of nitrogens with zero attached hydrogens (tertiary/aromatic N) is 2. The molecular weight excluding hydrogens is 279 g/mol. The highest BCUT2D eigenvalue weighted by molar-refractivity contribution is 9.09. The van der Waals surface area contributed by atoms with Crippen LogP contribution in [0.2, 0.25) is 5.15 Å². The molecule has 1 saturated heterocycles. The van der Waals surface area contributed by atoms with E-state index in [1.807, 2.05) is 19.1 Å². The topological polar surface area (TPSA) is 33.2 Å². The molecular formula is C10H10BrClN2O. The van der Waals surface area contributed by atoms with Gasteiger partial charge in [-0.15, -0.1) is 0 Å². The lowest BCUT2D eigenvalue weighted by molar-refractivity contribution is -0.117. The summed E-state index contributed by atoms with van der Waals surface area (Å²) in [5.74, 6) is 0.0874. The molecule has 1 atom stereocenters. The minimum Gasteiger partial charge on any atom is -0.308 e. The van der Waals surface area contributed by atoms with Crippen molar-refractivity contribution in [2.24, 2.45) is 0 Å². The number of hydrogen-bond donors (Lipinski definition) is 0. The van der Waals surface area contributed by atoms with Crippen molar-refractivity contribution in [2.75, 3.05) is 11.4 Å². The van der Waals surface area contributed by atoms with Crippen molar-refractivity contribution in [1.82, 2.24) is 4.98 Å². The number of anilines is 1. The largest absolute Gasteiger partial charge is 0.308 e. The van der Waals surface area contributed by atoms with E-state index in [9.17, 15) is 4.79 Å². The fourth-order valence-corrected chi connectivity index (χ4v) is 2.48. The Labute approximate surface area is 102 Å². The molecule has 0 bridgehead atoms. The number of aryl methyl sites for hydroxylation is 1. The summed E-state index contributed by atoms with van der Waals surface area (Å²) in [5.41, 5.74) is 1.56. The van der Waals surface area contributed by atoms with Crippen molar-refractivity contribution in [3.63, 3.8) is 0 Å². The summed E-state index contributed by atoms with van der Waals surface area (Å²) in [6.07, 6.45) is 0.518. The fraction of sp³-hybridized carbons (Fsp3) is 0.400. The third-order valence-corrected chi connectivity index (χ3v) is 3.23. The molecule has 5 heteroatoms. The Morgan fingerprint density at radius 1 is 1.60 bits per heavy atom. The number of alkyl halides is 1. The van der Waals surface area contributed by atoms with Gasteiger partial charge in [-0.1, -0.05) is 27.5 Å². The molecule has 1 aliphatic heterocycles. The first-order valence-corrected chi connectivity index (χ1v) is 5.95. The van der Waals surface area contributed by atoms with E-state index in [0.29, 0.717) is 23.8 Å². The molecule has 2 rings (SSSR count). The van der Waals surface area contributed by atoms with Crippen molar-refractivity contribution in [1.29, 1.82) is 0 Å². The Morgan fingerprint density at radius 2 is 2.33 bits per heavy atom. The molecule has 1 unspecified atom stereocenters. The summed E-state index contributed by atoms with van der Waals surface area (Å²) in [4.78, 5) is 17.7. The lowest BCUT2D eigenvalue weighted by Crippen LogP contribution is -2.25. The van der Waals surface area contributed by atoms with Crippen molar-refractivity contribution < 1.29 is 4.79 Å². The van der Waals surface area contributed by atoms with E-state index in [0.717, 1.165) is 5.69 Å². The molecule has 3 nitrogen and oxygen atoms in total. The van der Waals surface area contributed by atoms with Crippen LogP contribution >= 0.6 is 27.5 Å². The summed E-state index contributed by atoms with van der Waals surface area (Å²) in [6, 6.07) is 3.70. The summed E-state index contributed by atoms with van der Waals surface area (Å²) in [5, 5.41) is 0.393. The number of carbonyl (C=O) groups excluding carboxylic acids is 1. The number of aromatic nitrogens is 1. The molecule has 1 aromatic heterocycles. The Morgan fingerprint density at radius 3 is 2.87 bits per heavy atom. The van der Waals surface area contributed by atoms with E-state index >= 15 is 0 Å². The van der Waals surface area contributed by atoms with Gasteiger partial charge in [-0.25, -0.2) is 4.98 Å². The van der Waals surface area contributed by atoms with Crippen molar-refractivity contribution >= 4 is 39.1 Å². The van der Waals surface area contributed by atoms with Gasteiger partial charge >= 0.3 is 0 Å². The van der Waals surface area contributed by atoms with Crippen LogP contribution in [0, 0.1) is 6.92 Å². The lowest BCUT2D eigenvalue weighted by Gasteiger charge is -2.16. The van der Waals surface area contributed by atoms with Crippen LogP contribution in [0.1, 0.15) is 12.1 Å². The molecule has 0 aliphatic carbocycles. The van der Waals surface area contributed by atoms with E-state index in [4.69, 9.17) is 11.6 Å². The van der Waals surface area contributed by atoms with Crippen LogP contribution in [-0.2, 0) is 4.79 Å². The van der Waals surface area contributed by atoms with Crippen LogP contribution in [0.5, 0.6) is 0 Å². The van der Waals surface area contributed by atoms with Gasteiger partial charge in [-0.2, -0.15) is 0 Å². The van der Waals surface area contributed by atoms with E-state index in [1.54, 1.807) is 4.90 Å². The predicted octanol–water partition coefficient (Wildman–Crippen LogP) is 2.54. The average Bonchev–Trinajstić information content (AvgIpc) is 2.45. The van der Waals surface area contributed by atoms with Crippen LogP contribution in [0.25, 0.3) is 0 Å². The SMILES string of the molecule is Cc1ccc(N2CC(Br)CC2=O)c(Cl)n1. The van der Waals surface area contributed by atoms with Gasteiger partial charge in [-0.3, -0.25) is 4.79 Å². The van der Waals surface area contributed by atoms with Crippen molar-refractivity contribution in [2.45, 2.75) is 18.2 Å². The second kappa shape index (κ2) is 4.10. The zero-order valence-corrected chi connectivity index (χ0v) is 10.5. The number of hydrogen-bond acceptors (Lipinski definition) is 2. The van der Waals surface area contributed by atoms with Gasteiger partial charge in [0.2, 0.25) is 5.91 Å². The highest BCUT2D eigenvalue weighted by atomic mass is 79.9. The van der Waals surface area contributed by atoms with Gasteiger partial charge in [0, 0.05) is 23.5 Å². The maximum absolute atomic E-state index is 11.6. The Bertz CT molecular complexity index is 410. The Balaban J connectivity index is 2.34. The van der Waals surface area contributed by atoms with E-state index in [-0.39, 0.29) is 10.7 Å². The first-order valence-electron chi connectivity index (χ1n) is 4.65. The van der Waals surface area contributed by atoms with Crippen LogP contribution in [0.15, 0.2) is 12.1 Å². The maximum atomic E-state index is 11.6. The second-order valence-electron chi connectivity index (χ2n) is 3.57. The summed E-state index contributed by atoms with van der Waals surface area (Å²) in [6.45, 7) is 2.53. The number of halogens is 2. The third kappa shape index (κ3) is 2.16. The van der Waals surface area contributed by atoms with Gasteiger partial charge in [0.05, 0.1) is 5.69 Å². The molecule has 0 radical (unpaired) electrons. The normalized spacial score (nSPS) is 21.1. The molecule has 0 aromatic carbocycles. The van der Waals surface area contributed by atoms with Crippen LogP contribution in [-0.4, -0.2) is 22.3 Å². The molecule has 0 spiro atoms. The molecule has 80 valence electrons. The van der Waals surface area contributed by atoms with E-state index in [1.165, 1.54) is 0 Å². The zero-order chi connectivity index (χ0) is 11.0. The first kappa shape index (κ1) is 10.9. The molecule has 2 heterocycles. The minimum atomic E-state index is 0.0874. The zero-order valence-electron chi connectivity index (χ0n) is 8.20. The van der Waals surface area contributed by atoms with Crippen molar-refractivity contribution in [3.8, 4) is 0 Å². The highest BCUT2D eigenvalue weighted by Crippen LogP contribution is 2.29. The molecule has 1 aliphatic rings. The Hall–Kier alpha value is -0.610. The van der Waals surface area contributed by atoms with Gasteiger partial charge < -0.3 is 4.90 Å². The lowest BCUT2D eigenvalue weighted by atomic mass is 10.3. The molecule has 1 fully saturated rings. The van der Waals surface area contributed by atoms with Crippen LogP contribution in [0.4, 0.5) is 5.69 Å². The molecule has 15 heavy (non-hydrogen) atoms. The highest BCUT2D eigenvalue weighted by Gasteiger charge is 2.30. The number of amides is 1. The molecule has 0 N–H and O–H groups in total. The maximum Gasteiger partial charge on any atom is 0.228 e. The van der Waals surface area contributed by atoms with Gasteiger partial charge in [-0.05, 0) is 19.1 Å². The van der Waals surface area contributed by atoms with Crippen molar-refractivity contribution in [3.05, 3.63) is 23.0 Å². The van der Waals surface area contributed by atoms with Crippen LogP contribution in [0.3, 0.4) is 0 Å². The standard InChI is InChI=1S/C10H10BrClN2O/c1-6-2-3-8(10(12)13-6)14-5-7(11)4-9(14)15/h2-3,7H,4-5H2,1H3. The summed E-state index contributed by atoms with van der Waals surface area (Å²) >= 11 is 9.43. The molecule has 1 amide bonds. The van der Waals surface area contributed by atoms with E-state index in [2.05, 4.69) is 20.9 Å². The van der Waals surface area contributed by atoms with E-state index < -0.39 is 0 Å². The molecule has 1 aromatic rings. The quantitative estimate of drug-likeness (QED) is 0.588. The summed E-state index contributed by atoms with van der Waals surface area (Å²) < 4.78 is 0. The first-order chi connectivity index (χ1) is 7.08. The number of carbonyl (C=O) groups is 1. The summed E-state index contributed by atoms with van der Waals surface area (Å²) in [7, 11) is 0. The minimum absolute atomic E-state index is 0.0874. The Kier molecular flexibility index (Phi) is 2.98. The van der Waals surface area contributed by atoms with Gasteiger partial charge in [0.15, 0.2) is 5.15 Å².